The van der Waals surface area contributed by atoms with Gasteiger partial charge in [0.2, 0.25) is 5.91 Å². The molecule has 1 aromatic heterocycles. The molecule has 1 saturated heterocycles. The van der Waals surface area contributed by atoms with Gasteiger partial charge in [0, 0.05) is 25.5 Å². The molecule has 1 aliphatic rings. The van der Waals surface area contributed by atoms with Crippen molar-refractivity contribution in [1.29, 1.82) is 0 Å². The third-order valence-electron chi connectivity index (χ3n) is 4.63. The summed E-state index contributed by atoms with van der Waals surface area (Å²) in [6.07, 6.45) is 5.89. The smallest absolute Gasteiger partial charge is 0.248 e. The number of aromatic nitrogens is 2. The normalized spacial score (nSPS) is 17.5. The maximum atomic E-state index is 12.5. The van der Waals surface area contributed by atoms with Crippen molar-refractivity contribution in [2.75, 3.05) is 26.8 Å². The third-order valence-corrected chi connectivity index (χ3v) is 4.63. The summed E-state index contributed by atoms with van der Waals surface area (Å²) in [5, 5.41) is 0. The molecule has 2 aromatic rings. The van der Waals surface area contributed by atoms with E-state index in [1.165, 1.54) is 0 Å². The molecule has 134 valence electrons. The van der Waals surface area contributed by atoms with Gasteiger partial charge in [0.05, 0.1) is 19.8 Å². The van der Waals surface area contributed by atoms with E-state index in [0.717, 1.165) is 43.1 Å². The van der Waals surface area contributed by atoms with E-state index in [-0.39, 0.29) is 12.5 Å². The molecule has 0 unspecified atom stereocenters. The van der Waals surface area contributed by atoms with Crippen molar-refractivity contribution >= 4 is 5.91 Å². The van der Waals surface area contributed by atoms with Crippen molar-refractivity contribution in [2.24, 2.45) is 0 Å². The second kappa shape index (κ2) is 8.16. The number of aryl methyl sites for hydroxylation is 1. The molecule has 1 fully saturated rings. The second-order valence-electron chi connectivity index (χ2n) is 6.36. The summed E-state index contributed by atoms with van der Waals surface area (Å²) >= 11 is 0. The predicted molar refractivity (Wildman–Crippen MR) is 94.5 cm³/mol. The minimum Gasteiger partial charge on any atom is -0.497 e. The van der Waals surface area contributed by atoms with Gasteiger partial charge in [-0.3, -0.25) is 4.79 Å². The molecule has 6 nitrogen and oxygen atoms in total. The molecular weight excluding hydrogens is 318 g/mol. The first-order valence-corrected chi connectivity index (χ1v) is 8.65. The Morgan fingerprint density at radius 1 is 1.40 bits per heavy atom. The number of amides is 1. The van der Waals surface area contributed by atoms with Gasteiger partial charge in [0.1, 0.15) is 18.2 Å². The Kier molecular flexibility index (Phi) is 5.71. The number of hydrogen-bond donors (Lipinski definition) is 0. The van der Waals surface area contributed by atoms with Gasteiger partial charge in [-0.25, -0.2) is 4.98 Å². The topological polar surface area (TPSA) is 56.6 Å². The molecule has 1 aliphatic heterocycles. The number of likely N-dealkylation sites (tertiary alicyclic amines) is 1. The van der Waals surface area contributed by atoms with Crippen LogP contribution in [0.25, 0.3) is 0 Å². The summed E-state index contributed by atoms with van der Waals surface area (Å²) in [7, 11) is 1.64. The van der Waals surface area contributed by atoms with Crippen molar-refractivity contribution in [2.45, 2.75) is 32.4 Å². The van der Waals surface area contributed by atoms with E-state index in [1.807, 2.05) is 48.5 Å². The lowest BCUT2D eigenvalue weighted by molar-refractivity contribution is -0.138. The lowest BCUT2D eigenvalue weighted by Crippen LogP contribution is -2.42. The van der Waals surface area contributed by atoms with Crippen molar-refractivity contribution in [3.63, 3.8) is 0 Å². The van der Waals surface area contributed by atoms with Crippen molar-refractivity contribution < 1.29 is 14.3 Å². The van der Waals surface area contributed by atoms with E-state index in [0.29, 0.717) is 12.6 Å². The first-order valence-electron chi connectivity index (χ1n) is 8.65. The van der Waals surface area contributed by atoms with E-state index < -0.39 is 0 Å². The summed E-state index contributed by atoms with van der Waals surface area (Å²) in [6.45, 7) is 4.02. The van der Waals surface area contributed by atoms with Crippen LogP contribution >= 0.6 is 0 Å². The van der Waals surface area contributed by atoms with Gasteiger partial charge >= 0.3 is 0 Å². The monoisotopic (exact) mass is 343 g/mol. The zero-order valence-corrected chi connectivity index (χ0v) is 14.9. The number of methoxy groups -OCH3 is 1. The second-order valence-corrected chi connectivity index (χ2v) is 6.36. The number of carbonyl (C=O) groups excluding carboxylic acids is 1. The molecule has 1 aromatic carbocycles. The third kappa shape index (κ3) is 4.39. The highest BCUT2D eigenvalue weighted by atomic mass is 16.5. The fourth-order valence-corrected chi connectivity index (χ4v) is 3.29. The number of ether oxygens (including phenoxy) is 2. The van der Waals surface area contributed by atoms with Gasteiger partial charge in [0.25, 0.3) is 0 Å². The molecule has 0 radical (unpaired) electrons. The Hall–Kier alpha value is -2.34. The van der Waals surface area contributed by atoms with Crippen molar-refractivity contribution in [3.05, 3.63) is 48.0 Å². The van der Waals surface area contributed by atoms with Gasteiger partial charge in [0.15, 0.2) is 0 Å². The van der Waals surface area contributed by atoms with Crippen LogP contribution in [0.3, 0.4) is 0 Å². The first kappa shape index (κ1) is 17.5. The highest BCUT2D eigenvalue weighted by molar-refractivity contribution is 5.77. The molecule has 2 heterocycles. The van der Waals surface area contributed by atoms with E-state index >= 15 is 0 Å². The molecule has 3 rings (SSSR count). The van der Waals surface area contributed by atoms with E-state index in [2.05, 4.69) is 9.55 Å². The Bertz CT molecular complexity index is 713. The number of imidazole rings is 1. The first-order chi connectivity index (χ1) is 12.2. The summed E-state index contributed by atoms with van der Waals surface area (Å²) in [5.74, 6) is 1.83. The van der Waals surface area contributed by atoms with Crippen LogP contribution in [0.4, 0.5) is 0 Å². The van der Waals surface area contributed by atoms with Crippen LogP contribution in [-0.2, 0) is 16.1 Å². The van der Waals surface area contributed by atoms with Gasteiger partial charge < -0.3 is 18.9 Å². The maximum absolute atomic E-state index is 12.5. The number of benzene rings is 1. The molecule has 25 heavy (non-hydrogen) atoms. The van der Waals surface area contributed by atoms with E-state index in [1.54, 1.807) is 7.11 Å². The lowest BCUT2D eigenvalue weighted by atomic mass is 10.1. The zero-order chi connectivity index (χ0) is 17.6. The number of carbonyl (C=O) groups is 1. The Balaban J connectivity index is 1.50. The van der Waals surface area contributed by atoms with Crippen LogP contribution in [0.1, 0.15) is 30.3 Å². The zero-order valence-electron chi connectivity index (χ0n) is 14.9. The Morgan fingerprint density at radius 2 is 2.28 bits per heavy atom. The van der Waals surface area contributed by atoms with Crippen LogP contribution in [0, 0.1) is 6.92 Å². The molecule has 1 amide bonds. The van der Waals surface area contributed by atoms with Gasteiger partial charge in [-0.2, -0.15) is 0 Å². The predicted octanol–water partition coefficient (Wildman–Crippen LogP) is 2.58. The molecule has 0 spiro atoms. The Morgan fingerprint density at radius 3 is 3.04 bits per heavy atom. The average Bonchev–Trinajstić information content (AvgIpc) is 3.08. The average molecular weight is 343 g/mol. The maximum Gasteiger partial charge on any atom is 0.248 e. The van der Waals surface area contributed by atoms with E-state index in [9.17, 15) is 4.79 Å². The molecular formula is C19H25N3O3. The fourth-order valence-electron chi connectivity index (χ4n) is 3.29. The van der Waals surface area contributed by atoms with Crippen molar-refractivity contribution in [3.8, 4) is 5.75 Å². The molecule has 0 saturated carbocycles. The Labute approximate surface area is 148 Å². The minimum absolute atomic E-state index is 0.0466. The molecule has 6 heteroatoms. The van der Waals surface area contributed by atoms with Crippen LogP contribution in [-0.4, -0.2) is 47.2 Å². The highest BCUT2D eigenvalue weighted by Gasteiger charge is 2.25. The van der Waals surface area contributed by atoms with E-state index in [4.69, 9.17) is 9.47 Å². The SMILES string of the molecule is COc1cccc(COCC(=O)N2CCC[C@@H](n3ccnc3C)C2)c1. The van der Waals surface area contributed by atoms with Gasteiger partial charge in [-0.15, -0.1) is 0 Å². The van der Waals surface area contributed by atoms with Crippen molar-refractivity contribution in [1.82, 2.24) is 14.5 Å². The number of nitrogens with zero attached hydrogens (tertiary/aromatic N) is 3. The quantitative estimate of drug-likeness (QED) is 0.809. The molecule has 0 bridgehead atoms. The highest BCUT2D eigenvalue weighted by Crippen LogP contribution is 2.22. The number of rotatable bonds is 6. The van der Waals surface area contributed by atoms with Crippen LogP contribution in [0.2, 0.25) is 0 Å². The lowest BCUT2D eigenvalue weighted by Gasteiger charge is -2.33. The summed E-state index contributed by atoms with van der Waals surface area (Å²) in [4.78, 5) is 18.6. The van der Waals surface area contributed by atoms with Crippen LogP contribution < -0.4 is 4.74 Å². The molecule has 0 aliphatic carbocycles. The molecule has 1 atom stereocenters. The largest absolute Gasteiger partial charge is 0.497 e. The number of piperidine rings is 1. The van der Waals surface area contributed by atoms with Crippen LogP contribution in [0.5, 0.6) is 5.75 Å². The summed E-state index contributed by atoms with van der Waals surface area (Å²) in [6, 6.07) is 8.00. The summed E-state index contributed by atoms with van der Waals surface area (Å²) < 4.78 is 13.0. The fraction of sp³-hybridized carbons (Fsp3) is 0.474. The van der Waals surface area contributed by atoms with Gasteiger partial charge in [-0.05, 0) is 37.5 Å². The minimum atomic E-state index is 0.0466. The van der Waals surface area contributed by atoms with Gasteiger partial charge in [-0.1, -0.05) is 12.1 Å². The number of hydrogen-bond acceptors (Lipinski definition) is 4. The van der Waals surface area contributed by atoms with Crippen LogP contribution in [0.15, 0.2) is 36.7 Å². The molecule has 0 N–H and O–H groups in total. The summed E-state index contributed by atoms with van der Waals surface area (Å²) in [5.41, 5.74) is 0.998. The standard InChI is InChI=1S/C19H25N3O3/c1-15-20-8-10-22(15)17-6-4-9-21(12-17)19(23)14-25-13-16-5-3-7-18(11-16)24-2/h3,5,7-8,10-11,17H,4,6,9,12-14H2,1-2H3/t17-/m1/s1.